The van der Waals surface area contributed by atoms with Crippen molar-refractivity contribution in [1.82, 2.24) is 9.88 Å². The molecular weight excluding hydrogens is 290 g/mol. The summed E-state index contributed by atoms with van der Waals surface area (Å²) in [5, 5.41) is 2.84. The Bertz CT molecular complexity index is 715. The quantitative estimate of drug-likeness (QED) is 0.948. The van der Waals surface area contributed by atoms with Crippen LogP contribution in [0.4, 0.5) is 5.69 Å². The van der Waals surface area contributed by atoms with Gasteiger partial charge in [-0.25, -0.2) is 0 Å². The molecule has 5 heteroatoms. The second kappa shape index (κ2) is 6.60. The minimum atomic E-state index is -0.214. The van der Waals surface area contributed by atoms with E-state index in [1.165, 1.54) is 5.56 Å². The number of nitrogens with one attached hydrogen (secondary N) is 1. The predicted octanol–water partition coefficient (Wildman–Crippen LogP) is 2.56. The number of hydrogen-bond acceptors (Lipinski definition) is 3. The lowest BCUT2D eigenvalue weighted by atomic mass is 9.90. The molecule has 1 atom stereocenters. The second-order valence-electron chi connectivity index (χ2n) is 5.67. The topological polar surface area (TPSA) is 62.3 Å². The van der Waals surface area contributed by atoms with Crippen molar-refractivity contribution in [3.8, 4) is 0 Å². The summed E-state index contributed by atoms with van der Waals surface area (Å²) in [5.74, 6) is -0.121. The van der Waals surface area contributed by atoms with E-state index in [2.05, 4.69) is 16.4 Å². The van der Waals surface area contributed by atoms with Gasteiger partial charge in [-0.2, -0.15) is 0 Å². The number of carbonyl (C=O) groups excluding carboxylic acids is 2. The first-order chi connectivity index (χ1) is 11.1. The van der Waals surface area contributed by atoms with Crippen LogP contribution in [-0.2, 0) is 16.0 Å². The second-order valence-corrected chi connectivity index (χ2v) is 5.67. The van der Waals surface area contributed by atoms with Gasteiger partial charge in [0.1, 0.15) is 0 Å². The fourth-order valence-electron chi connectivity index (χ4n) is 3.07. The highest BCUT2D eigenvalue weighted by molar-refractivity contribution is 5.91. The van der Waals surface area contributed by atoms with Gasteiger partial charge in [-0.3, -0.25) is 14.6 Å². The molecule has 0 aliphatic carbocycles. The fraction of sp³-hybridized carbons (Fsp3) is 0.278. The summed E-state index contributed by atoms with van der Waals surface area (Å²) in [6, 6.07) is 11.4. The Morgan fingerprint density at radius 1 is 1.26 bits per heavy atom. The van der Waals surface area contributed by atoms with Gasteiger partial charge in [0, 0.05) is 19.7 Å². The van der Waals surface area contributed by atoms with E-state index in [4.69, 9.17) is 0 Å². The molecule has 0 spiro atoms. The van der Waals surface area contributed by atoms with Gasteiger partial charge >= 0.3 is 0 Å². The van der Waals surface area contributed by atoms with Crippen molar-refractivity contribution in [1.29, 1.82) is 0 Å². The van der Waals surface area contributed by atoms with E-state index < -0.39 is 0 Å². The Morgan fingerprint density at radius 2 is 2.09 bits per heavy atom. The molecule has 0 saturated carbocycles. The van der Waals surface area contributed by atoms with Crippen LogP contribution in [0.2, 0.25) is 0 Å². The van der Waals surface area contributed by atoms with Crippen molar-refractivity contribution < 1.29 is 9.59 Å². The molecule has 5 nitrogen and oxygen atoms in total. The molecule has 0 radical (unpaired) electrons. The summed E-state index contributed by atoms with van der Waals surface area (Å²) in [4.78, 5) is 30.1. The number of rotatable bonds is 3. The third-order valence-corrected chi connectivity index (χ3v) is 4.14. The number of fused-ring (bicyclic) bond motifs is 1. The van der Waals surface area contributed by atoms with E-state index in [1.54, 1.807) is 36.4 Å². The summed E-state index contributed by atoms with van der Waals surface area (Å²) in [6.07, 6.45) is 4.34. The highest BCUT2D eigenvalue weighted by Gasteiger charge is 2.30. The van der Waals surface area contributed by atoms with Gasteiger partial charge in [-0.15, -0.1) is 0 Å². The number of amides is 2. The van der Waals surface area contributed by atoms with E-state index in [-0.39, 0.29) is 24.3 Å². The predicted molar refractivity (Wildman–Crippen MR) is 87.8 cm³/mol. The molecule has 3 rings (SSSR count). The van der Waals surface area contributed by atoms with Gasteiger partial charge in [-0.05, 0) is 29.7 Å². The molecule has 0 saturated heterocycles. The molecule has 2 amide bonds. The SMILES string of the molecule is CC(=O)N1CCc2ccccc2C1CC(=O)Nc1cccnc1. The van der Waals surface area contributed by atoms with Crippen molar-refractivity contribution in [2.24, 2.45) is 0 Å². The van der Waals surface area contributed by atoms with E-state index in [9.17, 15) is 9.59 Å². The molecule has 0 fully saturated rings. The smallest absolute Gasteiger partial charge is 0.226 e. The fourth-order valence-corrected chi connectivity index (χ4v) is 3.07. The molecule has 1 N–H and O–H groups in total. The Balaban J connectivity index is 1.80. The van der Waals surface area contributed by atoms with Crippen molar-refractivity contribution in [2.45, 2.75) is 25.8 Å². The lowest BCUT2D eigenvalue weighted by Gasteiger charge is -2.36. The van der Waals surface area contributed by atoms with Crippen molar-refractivity contribution in [3.63, 3.8) is 0 Å². The molecule has 2 heterocycles. The number of hydrogen-bond donors (Lipinski definition) is 1. The molecule has 1 aromatic heterocycles. The zero-order valence-electron chi connectivity index (χ0n) is 13.0. The van der Waals surface area contributed by atoms with Crippen LogP contribution in [0, 0.1) is 0 Å². The van der Waals surface area contributed by atoms with Crippen LogP contribution >= 0.6 is 0 Å². The van der Waals surface area contributed by atoms with E-state index in [1.807, 2.05) is 18.2 Å². The molecule has 1 aromatic carbocycles. The van der Waals surface area contributed by atoms with Crippen LogP contribution in [0.3, 0.4) is 0 Å². The maximum absolute atomic E-state index is 12.4. The van der Waals surface area contributed by atoms with Crippen LogP contribution in [0.5, 0.6) is 0 Å². The highest BCUT2D eigenvalue weighted by atomic mass is 16.2. The van der Waals surface area contributed by atoms with Gasteiger partial charge in [0.25, 0.3) is 0 Å². The minimum absolute atomic E-state index is 0.00122. The Kier molecular flexibility index (Phi) is 4.37. The lowest BCUT2D eigenvalue weighted by Crippen LogP contribution is -2.40. The highest BCUT2D eigenvalue weighted by Crippen LogP contribution is 2.32. The lowest BCUT2D eigenvalue weighted by molar-refractivity contribution is -0.132. The largest absolute Gasteiger partial charge is 0.335 e. The van der Waals surface area contributed by atoms with Gasteiger partial charge in [0.05, 0.1) is 24.3 Å². The standard InChI is InChI=1S/C18H19N3O2/c1-13(22)21-10-8-14-5-2-3-7-16(14)17(21)11-18(23)20-15-6-4-9-19-12-15/h2-7,9,12,17H,8,10-11H2,1H3,(H,20,23). The van der Waals surface area contributed by atoms with Crippen molar-refractivity contribution in [2.75, 3.05) is 11.9 Å². The molecule has 1 aliphatic rings. The van der Waals surface area contributed by atoms with Crippen molar-refractivity contribution in [3.05, 3.63) is 59.9 Å². The van der Waals surface area contributed by atoms with Crippen LogP contribution in [0.1, 0.15) is 30.5 Å². The van der Waals surface area contributed by atoms with E-state index in [0.717, 1.165) is 12.0 Å². The van der Waals surface area contributed by atoms with Crippen LogP contribution < -0.4 is 5.32 Å². The first-order valence-electron chi connectivity index (χ1n) is 7.70. The Labute approximate surface area is 135 Å². The molecular formula is C18H19N3O2. The summed E-state index contributed by atoms with van der Waals surface area (Å²) < 4.78 is 0. The number of aromatic nitrogens is 1. The van der Waals surface area contributed by atoms with Gasteiger partial charge < -0.3 is 10.2 Å². The third kappa shape index (κ3) is 3.39. The molecule has 2 aromatic rings. The van der Waals surface area contributed by atoms with Gasteiger partial charge in [0.2, 0.25) is 11.8 Å². The molecule has 1 unspecified atom stereocenters. The van der Waals surface area contributed by atoms with Crippen molar-refractivity contribution >= 4 is 17.5 Å². The van der Waals surface area contributed by atoms with Crippen LogP contribution in [-0.4, -0.2) is 28.2 Å². The summed E-state index contributed by atoms with van der Waals surface area (Å²) in [5.41, 5.74) is 2.94. The van der Waals surface area contributed by atoms with Crippen LogP contribution in [0.25, 0.3) is 0 Å². The first kappa shape index (κ1) is 15.2. The first-order valence-corrected chi connectivity index (χ1v) is 7.70. The van der Waals surface area contributed by atoms with E-state index >= 15 is 0 Å². The number of nitrogens with zero attached hydrogens (tertiary/aromatic N) is 2. The van der Waals surface area contributed by atoms with E-state index in [0.29, 0.717) is 12.2 Å². The monoisotopic (exact) mass is 309 g/mol. The maximum Gasteiger partial charge on any atom is 0.226 e. The summed E-state index contributed by atoms with van der Waals surface area (Å²) >= 11 is 0. The molecule has 1 aliphatic heterocycles. The number of anilines is 1. The zero-order valence-corrected chi connectivity index (χ0v) is 13.0. The Hall–Kier alpha value is -2.69. The molecule has 0 bridgehead atoms. The molecule has 23 heavy (non-hydrogen) atoms. The summed E-state index contributed by atoms with van der Waals surface area (Å²) in [7, 11) is 0. The Morgan fingerprint density at radius 3 is 2.83 bits per heavy atom. The number of pyridine rings is 1. The average Bonchev–Trinajstić information content (AvgIpc) is 2.55. The van der Waals surface area contributed by atoms with Gasteiger partial charge in [-0.1, -0.05) is 24.3 Å². The van der Waals surface area contributed by atoms with Crippen LogP contribution in [0.15, 0.2) is 48.8 Å². The maximum atomic E-state index is 12.4. The zero-order chi connectivity index (χ0) is 16.2. The minimum Gasteiger partial charge on any atom is -0.335 e. The van der Waals surface area contributed by atoms with Gasteiger partial charge in [0.15, 0.2) is 0 Å². The molecule has 118 valence electrons. The number of benzene rings is 1. The normalized spacial score (nSPS) is 16.6. The average molecular weight is 309 g/mol. The summed E-state index contributed by atoms with van der Waals surface area (Å²) in [6.45, 7) is 2.21. The number of carbonyl (C=O) groups is 2. The third-order valence-electron chi connectivity index (χ3n) is 4.14.